The van der Waals surface area contributed by atoms with Gasteiger partial charge in [0.2, 0.25) is 0 Å². The number of benzene rings is 2. The van der Waals surface area contributed by atoms with Crippen molar-refractivity contribution in [3.63, 3.8) is 0 Å². The first kappa shape index (κ1) is 19.3. The molecule has 0 saturated heterocycles. The number of anilines is 1. The van der Waals surface area contributed by atoms with E-state index in [2.05, 4.69) is 9.46 Å². The van der Waals surface area contributed by atoms with Gasteiger partial charge in [0, 0.05) is 13.1 Å². The third kappa shape index (κ3) is 3.53. The number of rotatable bonds is 4. The zero-order valence-electron chi connectivity index (χ0n) is 13.9. The summed E-state index contributed by atoms with van der Waals surface area (Å²) >= 11 is 11.8. The van der Waals surface area contributed by atoms with Gasteiger partial charge in [0.1, 0.15) is 0 Å². The van der Waals surface area contributed by atoms with Crippen LogP contribution in [0.25, 0.3) is 11.1 Å². The van der Waals surface area contributed by atoms with Crippen molar-refractivity contribution in [2.75, 3.05) is 11.8 Å². The highest BCUT2D eigenvalue weighted by atomic mass is 35.5. The summed E-state index contributed by atoms with van der Waals surface area (Å²) < 4.78 is 38.6. The standard InChI is InChI=1S/C16H12Cl2N2O6S/c1-20-13-4-3-8(5-14(13)26-16(20)22)27(23,24)19-12-7-11(18)10(17)6-9(12)15(21)25-2/h3-7,19H,1-2H3. The van der Waals surface area contributed by atoms with E-state index in [0.29, 0.717) is 5.52 Å². The number of hydrogen-bond donors (Lipinski definition) is 1. The number of methoxy groups -OCH3 is 1. The maximum absolute atomic E-state index is 12.7. The van der Waals surface area contributed by atoms with Gasteiger partial charge in [-0.1, -0.05) is 23.2 Å². The Morgan fingerprint density at radius 3 is 2.52 bits per heavy atom. The average Bonchev–Trinajstić information content (AvgIpc) is 2.90. The molecule has 0 fully saturated rings. The second-order valence-electron chi connectivity index (χ2n) is 5.47. The Morgan fingerprint density at radius 2 is 1.85 bits per heavy atom. The number of oxazole rings is 1. The number of fused-ring (bicyclic) bond motifs is 1. The van der Waals surface area contributed by atoms with Crippen molar-refractivity contribution in [1.82, 2.24) is 4.57 Å². The van der Waals surface area contributed by atoms with Gasteiger partial charge >= 0.3 is 11.7 Å². The summed E-state index contributed by atoms with van der Waals surface area (Å²) in [6.07, 6.45) is 0. The smallest absolute Gasteiger partial charge is 0.419 e. The van der Waals surface area contributed by atoms with Crippen LogP contribution in [-0.2, 0) is 21.8 Å². The molecule has 27 heavy (non-hydrogen) atoms. The summed E-state index contributed by atoms with van der Waals surface area (Å²) in [5.74, 6) is -1.42. The summed E-state index contributed by atoms with van der Waals surface area (Å²) in [6.45, 7) is 0. The number of carbonyl (C=O) groups is 1. The molecule has 0 bridgehead atoms. The second-order valence-corrected chi connectivity index (χ2v) is 7.96. The van der Waals surface area contributed by atoms with Crippen molar-refractivity contribution in [2.45, 2.75) is 4.90 Å². The number of nitrogens with zero attached hydrogens (tertiary/aromatic N) is 1. The summed E-state index contributed by atoms with van der Waals surface area (Å²) in [4.78, 5) is 23.3. The minimum atomic E-state index is -4.13. The Kier molecular flexibility index (Phi) is 4.94. The third-order valence-electron chi connectivity index (χ3n) is 3.78. The van der Waals surface area contributed by atoms with Crippen LogP contribution in [0.5, 0.6) is 0 Å². The van der Waals surface area contributed by atoms with Crippen LogP contribution in [0.2, 0.25) is 10.0 Å². The molecule has 1 heterocycles. The maximum Gasteiger partial charge on any atom is 0.419 e. The van der Waals surface area contributed by atoms with Crippen molar-refractivity contribution in [2.24, 2.45) is 7.05 Å². The summed E-state index contributed by atoms with van der Waals surface area (Å²) in [7, 11) is -1.49. The lowest BCUT2D eigenvalue weighted by Crippen LogP contribution is -2.16. The van der Waals surface area contributed by atoms with Crippen LogP contribution in [0, 0.1) is 0 Å². The Bertz CT molecular complexity index is 1230. The van der Waals surface area contributed by atoms with E-state index in [9.17, 15) is 18.0 Å². The van der Waals surface area contributed by atoms with E-state index in [1.807, 2.05) is 0 Å². The molecule has 0 aliphatic carbocycles. The fourth-order valence-electron chi connectivity index (χ4n) is 2.40. The first-order valence-electron chi connectivity index (χ1n) is 7.34. The quantitative estimate of drug-likeness (QED) is 0.637. The number of halogens is 2. The Labute approximate surface area is 163 Å². The highest BCUT2D eigenvalue weighted by Gasteiger charge is 2.22. The fourth-order valence-corrected chi connectivity index (χ4v) is 3.81. The van der Waals surface area contributed by atoms with Crippen molar-refractivity contribution in [3.8, 4) is 0 Å². The fraction of sp³-hybridized carbons (Fsp3) is 0.125. The van der Waals surface area contributed by atoms with Gasteiger partial charge in [0.25, 0.3) is 10.0 Å². The summed E-state index contributed by atoms with van der Waals surface area (Å²) in [6, 6.07) is 6.34. The lowest BCUT2D eigenvalue weighted by atomic mass is 10.2. The molecule has 0 aliphatic rings. The van der Waals surface area contributed by atoms with E-state index in [-0.39, 0.29) is 31.8 Å². The van der Waals surface area contributed by atoms with Gasteiger partial charge in [-0.05, 0) is 24.3 Å². The first-order valence-corrected chi connectivity index (χ1v) is 9.57. The lowest BCUT2D eigenvalue weighted by Gasteiger charge is -2.13. The molecular formula is C16H12Cl2N2O6S. The van der Waals surface area contributed by atoms with Crippen LogP contribution in [0.4, 0.5) is 5.69 Å². The molecular weight excluding hydrogens is 419 g/mol. The zero-order valence-corrected chi connectivity index (χ0v) is 16.3. The molecule has 142 valence electrons. The van der Waals surface area contributed by atoms with Crippen molar-refractivity contribution >= 4 is 56.0 Å². The van der Waals surface area contributed by atoms with Crippen molar-refractivity contribution in [3.05, 3.63) is 56.5 Å². The highest BCUT2D eigenvalue weighted by Crippen LogP contribution is 2.31. The first-order chi connectivity index (χ1) is 12.6. The average molecular weight is 431 g/mol. The molecule has 0 unspecified atom stereocenters. The van der Waals surface area contributed by atoms with Crippen LogP contribution in [0.15, 0.2) is 44.4 Å². The summed E-state index contributed by atoms with van der Waals surface area (Å²) in [5.41, 5.74) is 0.324. The number of carbonyl (C=O) groups excluding carboxylic acids is 1. The molecule has 0 saturated carbocycles. The molecule has 0 spiro atoms. The van der Waals surface area contributed by atoms with Crippen LogP contribution < -0.4 is 10.5 Å². The van der Waals surface area contributed by atoms with E-state index in [1.54, 1.807) is 0 Å². The number of nitrogens with one attached hydrogen (secondary N) is 1. The predicted molar refractivity (Wildman–Crippen MR) is 100 cm³/mol. The van der Waals surface area contributed by atoms with Crippen LogP contribution >= 0.6 is 23.2 Å². The van der Waals surface area contributed by atoms with Gasteiger partial charge in [0.15, 0.2) is 5.58 Å². The second kappa shape index (κ2) is 6.91. The van der Waals surface area contributed by atoms with Gasteiger partial charge < -0.3 is 9.15 Å². The molecule has 3 rings (SSSR count). The molecule has 1 N–H and O–H groups in total. The molecule has 2 aromatic carbocycles. The molecule has 3 aromatic rings. The topological polar surface area (TPSA) is 108 Å². The number of aromatic nitrogens is 1. The van der Waals surface area contributed by atoms with Gasteiger partial charge in [-0.3, -0.25) is 9.29 Å². The highest BCUT2D eigenvalue weighted by molar-refractivity contribution is 7.92. The van der Waals surface area contributed by atoms with Gasteiger partial charge in [0.05, 0.1) is 38.8 Å². The van der Waals surface area contributed by atoms with Crippen LogP contribution in [-0.4, -0.2) is 26.1 Å². The molecule has 0 amide bonds. The molecule has 11 heteroatoms. The maximum atomic E-state index is 12.7. The SMILES string of the molecule is COC(=O)c1cc(Cl)c(Cl)cc1NS(=O)(=O)c1ccc2c(c1)oc(=O)n2C. The molecule has 8 nitrogen and oxygen atoms in total. The number of hydrogen-bond acceptors (Lipinski definition) is 6. The minimum absolute atomic E-state index is 0.0477. The normalized spacial score (nSPS) is 11.6. The van der Waals surface area contributed by atoms with Gasteiger partial charge in [-0.25, -0.2) is 18.0 Å². The number of aryl methyl sites for hydroxylation is 1. The Balaban J connectivity index is 2.08. The monoisotopic (exact) mass is 430 g/mol. The molecule has 1 aromatic heterocycles. The third-order valence-corrected chi connectivity index (χ3v) is 5.87. The van der Waals surface area contributed by atoms with E-state index < -0.39 is 21.7 Å². The number of sulfonamides is 1. The Hall–Kier alpha value is -2.49. The zero-order chi connectivity index (χ0) is 19.9. The largest absolute Gasteiger partial charge is 0.465 e. The van der Waals surface area contributed by atoms with Crippen molar-refractivity contribution in [1.29, 1.82) is 0 Å². The predicted octanol–water partition coefficient (Wildman–Crippen LogP) is 3.03. The van der Waals surface area contributed by atoms with Gasteiger partial charge in [-0.2, -0.15) is 0 Å². The molecule has 0 aliphatic heterocycles. The lowest BCUT2D eigenvalue weighted by molar-refractivity contribution is 0.0602. The van der Waals surface area contributed by atoms with Crippen LogP contribution in [0.1, 0.15) is 10.4 Å². The molecule has 0 atom stereocenters. The van der Waals surface area contributed by atoms with Crippen molar-refractivity contribution < 1.29 is 22.4 Å². The number of ether oxygens (including phenoxy) is 1. The van der Waals surface area contributed by atoms with Gasteiger partial charge in [-0.15, -0.1) is 0 Å². The van der Waals surface area contributed by atoms with Crippen LogP contribution in [0.3, 0.4) is 0 Å². The van der Waals surface area contributed by atoms with E-state index in [0.717, 1.165) is 7.11 Å². The van der Waals surface area contributed by atoms with E-state index in [1.165, 1.54) is 41.9 Å². The number of esters is 1. The summed E-state index contributed by atoms with van der Waals surface area (Å²) in [5, 5.41) is 0.110. The van der Waals surface area contributed by atoms with E-state index in [4.69, 9.17) is 27.6 Å². The van der Waals surface area contributed by atoms with E-state index >= 15 is 0 Å². The Morgan fingerprint density at radius 1 is 1.19 bits per heavy atom. The minimum Gasteiger partial charge on any atom is -0.465 e. The molecule has 0 radical (unpaired) electrons.